The number of carbonyl (C=O) groups excluding carboxylic acids is 1. The van der Waals surface area contributed by atoms with Crippen molar-refractivity contribution < 1.29 is 18.7 Å². The van der Waals surface area contributed by atoms with E-state index in [1.54, 1.807) is 13.0 Å². The van der Waals surface area contributed by atoms with Gasteiger partial charge in [-0.3, -0.25) is 5.32 Å². The second kappa shape index (κ2) is 4.45. The van der Waals surface area contributed by atoms with E-state index in [1.165, 1.54) is 6.07 Å². The summed E-state index contributed by atoms with van der Waals surface area (Å²) >= 11 is 0. The maximum atomic E-state index is 14.1. The Morgan fingerprint density at radius 1 is 1.65 bits per heavy atom. The van der Waals surface area contributed by atoms with Crippen LogP contribution in [-0.4, -0.2) is 12.7 Å². The van der Waals surface area contributed by atoms with Crippen molar-refractivity contribution in [2.45, 2.75) is 13.5 Å². The van der Waals surface area contributed by atoms with Crippen LogP contribution >= 0.6 is 0 Å². The third-order valence-corrected chi connectivity index (χ3v) is 2.45. The molecule has 1 aliphatic rings. The van der Waals surface area contributed by atoms with Gasteiger partial charge in [0.05, 0.1) is 17.9 Å². The van der Waals surface area contributed by atoms with Crippen molar-refractivity contribution in [3.8, 4) is 0 Å². The summed E-state index contributed by atoms with van der Waals surface area (Å²) < 4.78 is 24.0. The lowest BCUT2D eigenvalue weighted by molar-refractivity contribution is 0.149. The van der Waals surface area contributed by atoms with Gasteiger partial charge in [0.2, 0.25) is 0 Å². The van der Waals surface area contributed by atoms with Gasteiger partial charge in [-0.05, 0) is 19.1 Å². The third kappa shape index (κ3) is 2.08. The molecule has 90 valence electrons. The number of fused-ring (bicyclic) bond motifs is 1. The average molecular weight is 237 g/mol. The van der Waals surface area contributed by atoms with Crippen LogP contribution in [0.25, 0.3) is 5.76 Å². The number of benzene rings is 1. The molecule has 1 aromatic carbocycles. The topological polar surface area (TPSA) is 47.6 Å². The highest BCUT2D eigenvalue weighted by Gasteiger charge is 2.22. The van der Waals surface area contributed by atoms with E-state index < -0.39 is 11.9 Å². The van der Waals surface area contributed by atoms with Crippen LogP contribution in [0.2, 0.25) is 0 Å². The van der Waals surface area contributed by atoms with Crippen molar-refractivity contribution in [3.05, 3.63) is 35.7 Å². The van der Waals surface area contributed by atoms with Crippen LogP contribution in [0.15, 0.2) is 18.7 Å². The molecule has 4 nitrogen and oxygen atoms in total. The molecule has 0 atom stereocenters. The van der Waals surface area contributed by atoms with E-state index in [2.05, 4.69) is 11.9 Å². The molecule has 1 aromatic rings. The molecule has 1 amide bonds. The van der Waals surface area contributed by atoms with Crippen molar-refractivity contribution in [1.82, 2.24) is 0 Å². The number of rotatable bonds is 3. The summed E-state index contributed by atoms with van der Waals surface area (Å²) in [6.07, 6.45) is -0.576. The minimum Gasteiger partial charge on any atom is -0.494 e. The predicted octanol–water partition coefficient (Wildman–Crippen LogP) is 2.90. The van der Waals surface area contributed by atoms with Gasteiger partial charge in [-0.15, -0.1) is 0 Å². The second-order valence-electron chi connectivity index (χ2n) is 3.51. The Morgan fingerprint density at radius 2 is 2.41 bits per heavy atom. The fourth-order valence-electron chi connectivity index (χ4n) is 1.63. The van der Waals surface area contributed by atoms with E-state index >= 15 is 0 Å². The second-order valence-corrected chi connectivity index (χ2v) is 3.51. The molecule has 0 fully saturated rings. The molecule has 0 radical (unpaired) electrons. The number of cyclic esters (lactones) is 1. The molecule has 1 heterocycles. The largest absolute Gasteiger partial charge is 0.494 e. The SMILES string of the molecule is C=C(OCC)c1ccc2c(c1F)COC(=O)N2. The molecule has 0 spiro atoms. The normalized spacial score (nSPS) is 13.4. The van der Waals surface area contributed by atoms with Crippen LogP contribution in [0.4, 0.5) is 14.9 Å². The highest BCUT2D eigenvalue weighted by Crippen LogP contribution is 2.29. The molecule has 0 saturated heterocycles. The van der Waals surface area contributed by atoms with Gasteiger partial charge in [-0.25, -0.2) is 9.18 Å². The van der Waals surface area contributed by atoms with Crippen LogP contribution in [0.3, 0.4) is 0 Å². The summed E-state index contributed by atoms with van der Waals surface area (Å²) in [6, 6.07) is 3.14. The first-order chi connectivity index (χ1) is 8.13. The summed E-state index contributed by atoms with van der Waals surface area (Å²) in [4.78, 5) is 11.0. The van der Waals surface area contributed by atoms with Gasteiger partial charge in [-0.1, -0.05) is 6.58 Å². The number of ether oxygens (including phenoxy) is 2. The van der Waals surface area contributed by atoms with Gasteiger partial charge in [0.1, 0.15) is 18.2 Å². The zero-order chi connectivity index (χ0) is 12.4. The van der Waals surface area contributed by atoms with E-state index in [0.717, 1.165) is 0 Å². The lowest BCUT2D eigenvalue weighted by Gasteiger charge is -2.19. The van der Waals surface area contributed by atoms with Crippen molar-refractivity contribution in [2.24, 2.45) is 0 Å². The Hall–Kier alpha value is -2.04. The van der Waals surface area contributed by atoms with Gasteiger partial charge < -0.3 is 9.47 Å². The van der Waals surface area contributed by atoms with E-state index in [4.69, 9.17) is 9.47 Å². The van der Waals surface area contributed by atoms with E-state index in [-0.39, 0.29) is 17.9 Å². The highest BCUT2D eigenvalue weighted by molar-refractivity contribution is 5.88. The van der Waals surface area contributed by atoms with Crippen LogP contribution in [0.1, 0.15) is 18.1 Å². The van der Waals surface area contributed by atoms with E-state index in [0.29, 0.717) is 17.9 Å². The number of anilines is 1. The zero-order valence-corrected chi connectivity index (χ0v) is 9.38. The molecular weight excluding hydrogens is 225 g/mol. The van der Waals surface area contributed by atoms with Gasteiger partial charge in [-0.2, -0.15) is 0 Å². The molecule has 2 rings (SSSR count). The van der Waals surface area contributed by atoms with Gasteiger partial charge >= 0.3 is 6.09 Å². The van der Waals surface area contributed by atoms with E-state index in [9.17, 15) is 9.18 Å². The van der Waals surface area contributed by atoms with Crippen LogP contribution in [-0.2, 0) is 16.1 Å². The smallest absolute Gasteiger partial charge is 0.411 e. The monoisotopic (exact) mass is 237 g/mol. The predicted molar refractivity (Wildman–Crippen MR) is 60.9 cm³/mol. The van der Waals surface area contributed by atoms with Crippen molar-refractivity contribution in [2.75, 3.05) is 11.9 Å². The molecule has 0 aromatic heterocycles. The summed E-state index contributed by atoms with van der Waals surface area (Å²) in [5.41, 5.74) is 1.01. The van der Waals surface area contributed by atoms with Crippen LogP contribution in [0.5, 0.6) is 0 Å². The number of hydrogen-bond acceptors (Lipinski definition) is 3. The Bertz CT molecular complexity index is 485. The first-order valence-electron chi connectivity index (χ1n) is 5.20. The maximum Gasteiger partial charge on any atom is 0.411 e. The number of halogens is 1. The van der Waals surface area contributed by atoms with Gasteiger partial charge in [0, 0.05) is 5.56 Å². The lowest BCUT2D eigenvalue weighted by Crippen LogP contribution is -2.21. The van der Waals surface area contributed by atoms with Crippen LogP contribution in [0, 0.1) is 5.82 Å². The number of hydrogen-bond donors (Lipinski definition) is 1. The maximum absolute atomic E-state index is 14.1. The molecule has 1 N–H and O–H groups in total. The first kappa shape index (κ1) is 11.4. The van der Waals surface area contributed by atoms with Crippen molar-refractivity contribution in [1.29, 1.82) is 0 Å². The van der Waals surface area contributed by atoms with Gasteiger partial charge in [0.15, 0.2) is 0 Å². The van der Waals surface area contributed by atoms with Crippen molar-refractivity contribution in [3.63, 3.8) is 0 Å². The van der Waals surface area contributed by atoms with Crippen LogP contribution < -0.4 is 5.32 Å². The number of carbonyl (C=O) groups is 1. The summed E-state index contributed by atoms with van der Waals surface area (Å²) in [5.74, 6) is -0.203. The molecule has 0 saturated carbocycles. The molecule has 0 bridgehead atoms. The molecular formula is C12H12FNO3. The fourth-order valence-corrected chi connectivity index (χ4v) is 1.63. The molecule has 0 unspecified atom stereocenters. The number of amides is 1. The Balaban J connectivity index is 2.39. The molecule has 5 heteroatoms. The van der Waals surface area contributed by atoms with E-state index in [1.807, 2.05) is 0 Å². The summed E-state index contributed by atoms with van der Waals surface area (Å²) in [6.45, 7) is 5.78. The standard InChI is InChI=1S/C12H12FNO3/c1-3-16-7(2)8-4-5-10-9(11(8)13)6-17-12(15)14-10/h4-5H,2-3,6H2,1H3,(H,14,15). The lowest BCUT2D eigenvalue weighted by atomic mass is 10.1. The van der Waals surface area contributed by atoms with Crippen molar-refractivity contribution >= 4 is 17.5 Å². The Labute approximate surface area is 98.0 Å². The summed E-state index contributed by atoms with van der Waals surface area (Å²) in [5, 5.41) is 2.43. The van der Waals surface area contributed by atoms with Gasteiger partial charge in [0.25, 0.3) is 0 Å². The third-order valence-electron chi connectivity index (χ3n) is 2.45. The Kier molecular flexibility index (Phi) is 2.99. The zero-order valence-electron chi connectivity index (χ0n) is 9.38. The minimum atomic E-state index is -0.576. The fraction of sp³-hybridized carbons (Fsp3) is 0.250. The summed E-state index contributed by atoms with van der Waals surface area (Å²) in [7, 11) is 0. The first-order valence-corrected chi connectivity index (χ1v) is 5.20. The number of nitrogens with one attached hydrogen (secondary N) is 1. The highest BCUT2D eigenvalue weighted by atomic mass is 19.1. The Morgan fingerprint density at radius 3 is 3.12 bits per heavy atom. The molecule has 0 aliphatic carbocycles. The molecule has 1 aliphatic heterocycles. The molecule has 17 heavy (non-hydrogen) atoms. The quantitative estimate of drug-likeness (QED) is 0.822. The minimum absolute atomic E-state index is 0.0831. The average Bonchev–Trinajstić information content (AvgIpc) is 2.29.